The standard InChI is InChI=1S/C13H15NO2S/c1-4-10-14(11-5-2)17(15,16)13-8-6-12(3)7-9-13/h4,6-9H,1,10H2,2-3H3. The van der Waals surface area contributed by atoms with Gasteiger partial charge in [0, 0.05) is 6.04 Å². The summed E-state index contributed by atoms with van der Waals surface area (Å²) >= 11 is 0. The Balaban J connectivity index is 3.19. The number of sulfonamides is 1. The first kappa shape index (κ1) is 13.3. The maximum Gasteiger partial charge on any atom is 0.271 e. The predicted octanol–water partition coefficient (Wildman–Crippen LogP) is 2.15. The van der Waals surface area contributed by atoms with Crippen LogP contribution < -0.4 is 0 Å². The van der Waals surface area contributed by atoms with Gasteiger partial charge in [-0.05, 0) is 26.0 Å². The fourth-order valence-corrected chi connectivity index (χ4v) is 2.53. The summed E-state index contributed by atoms with van der Waals surface area (Å²) in [6.07, 6.45) is 1.51. The Morgan fingerprint density at radius 1 is 1.35 bits per heavy atom. The molecule has 0 fully saturated rings. The number of benzene rings is 1. The molecule has 0 aliphatic rings. The van der Waals surface area contributed by atoms with E-state index in [1.54, 1.807) is 31.2 Å². The van der Waals surface area contributed by atoms with Crippen LogP contribution in [0.4, 0.5) is 0 Å². The summed E-state index contributed by atoms with van der Waals surface area (Å²) < 4.78 is 25.5. The molecule has 0 saturated heterocycles. The van der Waals surface area contributed by atoms with E-state index in [1.165, 1.54) is 6.08 Å². The van der Waals surface area contributed by atoms with Crippen molar-refractivity contribution in [2.45, 2.75) is 18.7 Å². The van der Waals surface area contributed by atoms with Gasteiger partial charge < -0.3 is 0 Å². The zero-order valence-electron chi connectivity index (χ0n) is 9.97. The highest BCUT2D eigenvalue weighted by atomic mass is 32.2. The van der Waals surface area contributed by atoms with Gasteiger partial charge in [0.05, 0.1) is 11.4 Å². The molecule has 1 rings (SSSR count). The summed E-state index contributed by atoms with van der Waals surface area (Å²) in [7, 11) is -3.55. The van der Waals surface area contributed by atoms with Crippen molar-refractivity contribution in [3.63, 3.8) is 0 Å². The van der Waals surface area contributed by atoms with Crippen LogP contribution in [0.3, 0.4) is 0 Å². The van der Waals surface area contributed by atoms with Gasteiger partial charge in [0.2, 0.25) is 0 Å². The molecule has 0 saturated carbocycles. The van der Waals surface area contributed by atoms with Gasteiger partial charge in [0.25, 0.3) is 10.0 Å². The van der Waals surface area contributed by atoms with E-state index in [0.717, 1.165) is 9.87 Å². The molecule has 0 spiro atoms. The van der Waals surface area contributed by atoms with Crippen molar-refractivity contribution in [3.05, 3.63) is 42.5 Å². The second-order valence-corrected chi connectivity index (χ2v) is 5.36. The van der Waals surface area contributed by atoms with E-state index in [4.69, 9.17) is 0 Å². The van der Waals surface area contributed by atoms with Crippen molar-refractivity contribution in [1.29, 1.82) is 0 Å². The van der Waals surface area contributed by atoms with Crippen molar-refractivity contribution in [2.24, 2.45) is 0 Å². The molecule has 0 aliphatic carbocycles. The first-order valence-electron chi connectivity index (χ1n) is 5.15. The van der Waals surface area contributed by atoms with Crippen LogP contribution in [0.15, 0.2) is 41.8 Å². The van der Waals surface area contributed by atoms with E-state index in [0.29, 0.717) is 0 Å². The number of hydrogen-bond acceptors (Lipinski definition) is 2. The average Bonchev–Trinajstić information content (AvgIpc) is 2.29. The van der Waals surface area contributed by atoms with Crippen molar-refractivity contribution in [3.8, 4) is 12.0 Å². The lowest BCUT2D eigenvalue weighted by Crippen LogP contribution is -2.26. The zero-order valence-corrected chi connectivity index (χ0v) is 10.8. The monoisotopic (exact) mass is 249 g/mol. The van der Waals surface area contributed by atoms with Crippen LogP contribution in [0.2, 0.25) is 0 Å². The quantitative estimate of drug-likeness (QED) is 0.466. The molecule has 17 heavy (non-hydrogen) atoms. The number of hydrogen-bond donors (Lipinski definition) is 0. The second kappa shape index (κ2) is 5.55. The molecule has 1 aromatic carbocycles. The van der Waals surface area contributed by atoms with Crippen molar-refractivity contribution < 1.29 is 8.42 Å². The van der Waals surface area contributed by atoms with Gasteiger partial charge in [-0.1, -0.05) is 29.7 Å². The highest BCUT2D eigenvalue weighted by Crippen LogP contribution is 2.15. The Kier molecular flexibility index (Phi) is 4.36. The molecule has 1 aromatic rings. The van der Waals surface area contributed by atoms with E-state index >= 15 is 0 Å². The highest BCUT2D eigenvalue weighted by molar-refractivity contribution is 7.89. The molecule has 0 atom stereocenters. The largest absolute Gasteiger partial charge is 0.271 e. The number of nitrogens with zero attached hydrogens (tertiary/aromatic N) is 1. The Hall–Kier alpha value is -1.73. The first-order valence-corrected chi connectivity index (χ1v) is 6.59. The second-order valence-electron chi connectivity index (χ2n) is 3.50. The van der Waals surface area contributed by atoms with E-state index in [1.807, 2.05) is 6.92 Å². The maximum absolute atomic E-state index is 12.2. The number of aryl methyl sites for hydroxylation is 1. The molecule has 0 unspecified atom stereocenters. The molecule has 4 heteroatoms. The molecule has 3 nitrogen and oxygen atoms in total. The molecule has 0 aromatic heterocycles. The third kappa shape index (κ3) is 3.11. The lowest BCUT2D eigenvalue weighted by molar-refractivity contribution is 0.532. The lowest BCUT2D eigenvalue weighted by Gasteiger charge is -2.15. The Labute approximate surface area is 103 Å². The van der Waals surface area contributed by atoms with E-state index in [-0.39, 0.29) is 11.4 Å². The molecular weight excluding hydrogens is 234 g/mol. The molecule has 0 N–H and O–H groups in total. The van der Waals surface area contributed by atoms with Gasteiger partial charge in [-0.25, -0.2) is 12.7 Å². The number of rotatable bonds is 4. The summed E-state index contributed by atoms with van der Waals surface area (Å²) in [6, 6.07) is 9.25. The molecular formula is C13H15NO2S. The smallest absolute Gasteiger partial charge is 0.221 e. The predicted molar refractivity (Wildman–Crippen MR) is 68.7 cm³/mol. The van der Waals surface area contributed by atoms with Crippen LogP contribution in [0, 0.1) is 18.9 Å². The van der Waals surface area contributed by atoms with Crippen molar-refractivity contribution in [1.82, 2.24) is 4.31 Å². The fraction of sp³-hybridized carbons (Fsp3) is 0.231. The molecule has 0 heterocycles. The van der Waals surface area contributed by atoms with Crippen LogP contribution in [0.25, 0.3) is 0 Å². The van der Waals surface area contributed by atoms with Crippen LogP contribution in [-0.2, 0) is 10.0 Å². The van der Waals surface area contributed by atoms with Crippen LogP contribution in [0.1, 0.15) is 12.5 Å². The van der Waals surface area contributed by atoms with Crippen LogP contribution in [-0.4, -0.2) is 19.3 Å². The SMILES string of the molecule is C=CCN(C#CC)S(=O)(=O)c1ccc(C)cc1. The van der Waals surface area contributed by atoms with Crippen molar-refractivity contribution >= 4 is 10.0 Å². The Bertz CT molecular complexity index is 547. The van der Waals surface area contributed by atoms with E-state index in [9.17, 15) is 8.42 Å². The molecule has 0 amide bonds. The van der Waals surface area contributed by atoms with Gasteiger partial charge in [0.15, 0.2) is 0 Å². The zero-order chi connectivity index (χ0) is 12.9. The van der Waals surface area contributed by atoms with Gasteiger partial charge in [-0.2, -0.15) is 0 Å². The molecule has 0 aliphatic heterocycles. The Morgan fingerprint density at radius 2 is 1.94 bits per heavy atom. The summed E-state index contributed by atoms with van der Waals surface area (Å²) in [4.78, 5) is 0.243. The minimum atomic E-state index is -3.55. The Morgan fingerprint density at radius 3 is 2.41 bits per heavy atom. The van der Waals surface area contributed by atoms with Gasteiger partial charge in [0.1, 0.15) is 0 Å². The summed E-state index contributed by atoms with van der Waals surface area (Å²) in [6.45, 7) is 7.21. The van der Waals surface area contributed by atoms with Crippen LogP contribution in [0.5, 0.6) is 0 Å². The normalized spacial score (nSPS) is 10.2. The summed E-state index contributed by atoms with van der Waals surface area (Å²) in [5.74, 6) is 2.59. The molecule has 0 radical (unpaired) electrons. The topological polar surface area (TPSA) is 37.4 Å². The van der Waals surface area contributed by atoms with E-state index in [2.05, 4.69) is 18.5 Å². The molecule has 0 bridgehead atoms. The fourth-order valence-electron chi connectivity index (χ4n) is 1.28. The average molecular weight is 249 g/mol. The lowest BCUT2D eigenvalue weighted by atomic mass is 10.2. The molecule has 90 valence electrons. The van der Waals surface area contributed by atoms with Gasteiger partial charge >= 0.3 is 0 Å². The minimum Gasteiger partial charge on any atom is -0.221 e. The highest BCUT2D eigenvalue weighted by Gasteiger charge is 2.20. The third-order valence-electron chi connectivity index (χ3n) is 2.14. The summed E-state index contributed by atoms with van der Waals surface area (Å²) in [5.41, 5.74) is 1.01. The third-order valence-corrected chi connectivity index (χ3v) is 3.83. The van der Waals surface area contributed by atoms with E-state index < -0.39 is 10.0 Å². The van der Waals surface area contributed by atoms with Crippen LogP contribution >= 0.6 is 0 Å². The van der Waals surface area contributed by atoms with Gasteiger partial charge in [-0.3, -0.25) is 0 Å². The maximum atomic E-state index is 12.2. The van der Waals surface area contributed by atoms with Gasteiger partial charge in [-0.15, -0.1) is 6.58 Å². The minimum absolute atomic E-state index is 0.178. The van der Waals surface area contributed by atoms with Crippen molar-refractivity contribution in [2.75, 3.05) is 6.54 Å². The first-order chi connectivity index (χ1) is 8.02. The summed E-state index contributed by atoms with van der Waals surface area (Å²) in [5, 5.41) is 0.